The van der Waals surface area contributed by atoms with E-state index in [0.717, 1.165) is 37.1 Å². The molecule has 0 unspecified atom stereocenters. The molecule has 25 heavy (non-hydrogen) atoms. The molecule has 1 N–H and O–H groups in total. The van der Waals surface area contributed by atoms with Gasteiger partial charge in [0.2, 0.25) is 0 Å². The number of rotatable bonds is 4. The third-order valence-electron chi connectivity index (χ3n) is 4.44. The van der Waals surface area contributed by atoms with Crippen molar-refractivity contribution >= 4 is 11.6 Å². The molecule has 3 heterocycles. The Labute approximate surface area is 144 Å². The number of anilines is 1. The van der Waals surface area contributed by atoms with E-state index in [-0.39, 0.29) is 5.91 Å². The topological polar surface area (TPSA) is 90.5 Å². The van der Waals surface area contributed by atoms with E-state index in [1.165, 1.54) is 0 Å². The molecule has 4 rings (SSSR count). The Morgan fingerprint density at radius 1 is 1.32 bits per heavy atom. The van der Waals surface area contributed by atoms with Crippen molar-refractivity contribution in [3.8, 4) is 11.4 Å². The summed E-state index contributed by atoms with van der Waals surface area (Å²) in [4.78, 5) is 12.7. The summed E-state index contributed by atoms with van der Waals surface area (Å²) in [5, 5.41) is 19.0. The Morgan fingerprint density at radius 2 is 2.24 bits per heavy atom. The first-order valence-corrected chi connectivity index (χ1v) is 8.49. The van der Waals surface area contributed by atoms with Crippen molar-refractivity contribution in [2.24, 2.45) is 0 Å². The first-order chi connectivity index (χ1) is 12.3. The van der Waals surface area contributed by atoms with Crippen molar-refractivity contribution in [1.82, 2.24) is 30.0 Å². The maximum absolute atomic E-state index is 12.7. The number of aryl methyl sites for hydroxylation is 2. The van der Waals surface area contributed by atoms with Crippen LogP contribution in [0.2, 0.25) is 0 Å². The summed E-state index contributed by atoms with van der Waals surface area (Å²) in [6.45, 7) is 3.55. The Morgan fingerprint density at radius 3 is 3.12 bits per heavy atom. The van der Waals surface area contributed by atoms with Gasteiger partial charge < -0.3 is 5.32 Å². The highest BCUT2D eigenvalue weighted by Crippen LogP contribution is 2.22. The molecule has 2 aromatic heterocycles. The molecule has 0 saturated heterocycles. The molecule has 1 aliphatic rings. The van der Waals surface area contributed by atoms with E-state index < -0.39 is 0 Å². The number of tetrazole rings is 1. The maximum atomic E-state index is 12.7. The zero-order chi connectivity index (χ0) is 17.2. The van der Waals surface area contributed by atoms with Gasteiger partial charge in [0.25, 0.3) is 5.91 Å². The molecule has 1 aromatic carbocycles. The van der Waals surface area contributed by atoms with E-state index in [2.05, 4.69) is 25.9 Å². The number of fused-ring (bicyclic) bond motifs is 1. The minimum Gasteiger partial charge on any atom is -0.322 e. The summed E-state index contributed by atoms with van der Waals surface area (Å²) in [6.07, 6.45) is 4.77. The second-order valence-corrected chi connectivity index (χ2v) is 6.04. The molecule has 0 saturated carbocycles. The van der Waals surface area contributed by atoms with Gasteiger partial charge in [0.1, 0.15) is 0 Å². The van der Waals surface area contributed by atoms with E-state index in [4.69, 9.17) is 0 Å². The molecule has 128 valence electrons. The Kier molecular flexibility index (Phi) is 4.01. The highest BCUT2D eigenvalue weighted by Gasteiger charge is 2.20. The lowest BCUT2D eigenvalue weighted by atomic mass is 10.1. The summed E-state index contributed by atoms with van der Waals surface area (Å²) in [6, 6.07) is 7.55. The van der Waals surface area contributed by atoms with Crippen LogP contribution in [0, 0.1) is 0 Å². The van der Waals surface area contributed by atoms with Crippen LogP contribution in [-0.4, -0.2) is 35.9 Å². The monoisotopic (exact) mass is 337 g/mol. The van der Waals surface area contributed by atoms with Gasteiger partial charge >= 0.3 is 0 Å². The van der Waals surface area contributed by atoms with Gasteiger partial charge in [0.05, 0.1) is 17.5 Å². The van der Waals surface area contributed by atoms with Crippen molar-refractivity contribution in [1.29, 1.82) is 0 Å². The molecule has 0 radical (unpaired) electrons. The van der Waals surface area contributed by atoms with Crippen LogP contribution in [0.15, 0.2) is 30.5 Å². The summed E-state index contributed by atoms with van der Waals surface area (Å²) in [7, 11) is 0. The fourth-order valence-corrected chi connectivity index (χ4v) is 3.17. The standard InChI is InChI=1S/C17H19N7O/c1-2-23-16(20-21-22-23)12-6-5-7-13(10-12)19-17(25)14-11-18-24-9-4-3-8-15(14)24/h5-7,10-11H,2-4,8-9H2,1H3,(H,19,25). The van der Waals surface area contributed by atoms with E-state index in [1.54, 1.807) is 10.9 Å². The Hall–Kier alpha value is -3.03. The average molecular weight is 337 g/mol. The Bertz CT molecular complexity index is 911. The lowest BCUT2D eigenvalue weighted by Crippen LogP contribution is -2.17. The van der Waals surface area contributed by atoms with Crippen LogP contribution >= 0.6 is 0 Å². The Balaban J connectivity index is 1.58. The normalized spacial score (nSPS) is 13.5. The number of carbonyl (C=O) groups is 1. The molecule has 1 amide bonds. The van der Waals surface area contributed by atoms with Crippen LogP contribution in [0.5, 0.6) is 0 Å². The summed E-state index contributed by atoms with van der Waals surface area (Å²) in [5.41, 5.74) is 3.25. The summed E-state index contributed by atoms with van der Waals surface area (Å²) < 4.78 is 3.65. The van der Waals surface area contributed by atoms with Crippen LogP contribution in [0.3, 0.4) is 0 Å². The second-order valence-electron chi connectivity index (χ2n) is 6.04. The smallest absolute Gasteiger partial charge is 0.259 e. The molecule has 0 fully saturated rings. The van der Waals surface area contributed by atoms with Gasteiger partial charge in [-0.1, -0.05) is 12.1 Å². The number of hydrogen-bond acceptors (Lipinski definition) is 5. The van der Waals surface area contributed by atoms with Crippen LogP contribution in [-0.2, 0) is 19.5 Å². The third kappa shape index (κ3) is 2.90. The largest absolute Gasteiger partial charge is 0.322 e. The minimum atomic E-state index is -0.129. The minimum absolute atomic E-state index is 0.129. The molecule has 1 aliphatic heterocycles. The average Bonchev–Trinajstić information content (AvgIpc) is 3.28. The predicted molar refractivity (Wildman–Crippen MR) is 92.0 cm³/mol. The molecule has 0 spiro atoms. The van der Waals surface area contributed by atoms with Gasteiger partial charge in [-0.25, -0.2) is 4.68 Å². The van der Waals surface area contributed by atoms with Gasteiger partial charge in [0.15, 0.2) is 5.82 Å². The number of benzene rings is 1. The first-order valence-electron chi connectivity index (χ1n) is 8.49. The second kappa shape index (κ2) is 6.46. The number of nitrogens with one attached hydrogen (secondary N) is 1. The fourth-order valence-electron chi connectivity index (χ4n) is 3.17. The van der Waals surface area contributed by atoms with Crippen molar-refractivity contribution < 1.29 is 4.79 Å². The van der Waals surface area contributed by atoms with Gasteiger partial charge in [0, 0.05) is 24.3 Å². The van der Waals surface area contributed by atoms with Gasteiger partial charge in [-0.05, 0) is 48.7 Å². The number of hydrogen-bond donors (Lipinski definition) is 1. The van der Waals surface area contributed by atoms with Crippen LogP contribution < -0.4 is 5.32 Å². The number of amides is 1. The maximum Gasteiger partial charge on any atom is 0.259 e. The molecular formula is C17H19N7O. The van der Waals surface area contributed by atoms with Gasteiger partial charge in [-0.15, -0.1) is 5.10 Å². The number of aromatic nitrogens is 6. The van der Waals surface area contributed by atoms with E-state index in [9.17, 15) is 4.79 Å². The van der Waals surface area contributed by atoms with Crippen LogP contribution in [0.1, 0.15) is 35.8 Å². The van der Waals surface area contributed by atoms with E-state index in [0.29, 0.717) is 23.6 Å². The molecule has 3 aromatic rings. The lowest BCUT2D eigenvalue weighted by molar-refractivity contribution is 0.102. The van der Waals surface area contributed by atoms with Gasteiger partial charge in [-0.2, -0.15) is 5.10 Å². The summed E-state index contributed by atoms with van der Waals surface area (Å²) in [5.74, 6) is 0.553. The highest BCUT2D eigenvalue weighted by atomic mass is 16.1. The van der Waals surface area contributed by atoms with Crippen LogP contribution in [0.4, 0.5) is 5.69 Å². The molecule has 8 heteroatoms. The SMILES string of the molecule is CCn1nnnc1-c1cccc(NC(=O)c2cnn3c2CCCC3)c1. The van der Waals surface area contributed by atoms with Crippen molar-refractivity contribution in [2.45, 2.75) is 39.3 Å². The van der Waals surface area contributed by atoms with Crippen molar-refractivity contribution in [3.05, 3.63) is 41.7 Å². The van der Waals surface area contributed by atoms with E-state index in [1.807, 2.05) is 35.9 Å². The molecule has 0 aliphatic carbocycles. The molecular weight excluding hydrogens is 318 g/mol. The molecule has 8 nitrogen and oxygen atoms in total. The molecule has 0 atom stereocenters. The summed E-state index contributed by atoms with van der Waals surface area (Å²) >= 11 is 0. The van der Waals surface area contributed by atoms with Gasteiger partial charge in [-0.3, -0.25) is 9.48 Å². The fraction of sp³-hybridized carbons (Fsp3) is 0.353. The highest BCUT2D eigenvalue weighted by molar-refractivity contribution is 6.05. The van der Waals surface area contributed by atoms with Crippen LogP contribution in [0.25, 0.3) is 11.4 Å². The zero-order valence-corrected chi connectivity index (χ0v) is 14.0. The lowest BCUT2D eigenvalue weighted by Gasteiger charge is -2.14. The third-order valence-corrected chi connectivity index (χ3v) is 4.44. The van der Waals surface area contributed by atoms with E-state index >= 15 is 0 Å². The molecule has 0 bridgehead atoms. The number of nitrogens with zero attached hydrogens (tertiary/aromatic N) is 6. The van der Waals surface area contributed by atoms with Crippen molar-refractivity contribution in [2.75, 3.05) is 5.32 Å². The first kappa shape index (κ1) is 15.5. The number of carbonyl (C=O) groups excluding carboxylic acids is 1. The predicted octanol–water partition coefficient (Wildman–Crippen LogP) is 2.15. The quantitative estimate of drug-likeness (QED) is 0.788. The van der Waals surface area contributed by atoms with Crippen molar-refractivity contribution in [3.63, 3.8) is 0 Å². The zero-order valence-electron chi connectivity index (χ0n) is 14.0.